The zero-order valence-electron chi connectivity index (χ0n) is 9.63. The van der Waals surface area contributed by atoms with Gasteiger partial charge in [-0.15, -0.1) is 11.3 Å². The van der Waals surface area contributed by atoms with Crippen LogP contribution in [0.3, 0.4) is 0 Å². The standard InChI is InChI=1S/C12H19NO2S/c1-15-9-11(14)7-13(10-4-5-10)8-12-3-2-6-16-12/h2-3,6,10-11,14H,4-5,7-9H2,1H3. The molecule has 90 valence electrons. The minimum Gasteiger partial charge on any atom is -0.389 e. The summed E-state index contributed by atoms with van der Waals surface area (Å²) in [5.74, 6) is 0. The van der Waals surface area contributed by atoms with Crippen molar-refractivity contribution in [1.82, 2.24) is 4.90 Å². The summed E-state index contributed by atoms with van der Waals surface area (Å²) < 4.78 is 4.97. The number of nitrogens with zero attached hydrogens (tertiary/aromatic N) is 1. The van der Waals surface area contributed by atoms with E-state index >= 15 is 0 Å². The maximum absolute atomic E-state index is 9.76. The van der Waals surface area contributed by atoms with E-state index in [1.807, 2.05) is 0 Å². The molecule has 0 spiro atoms. The Morgan fingerprint density at radius 2 is 2.44 bits per heavy atom. The van der Waals surface area contributed by atoms with Crippen molar-refractivity contribution in [1.29, 1.82) is 0 Å². The van der Waals surface area contributed by atoms with Crippen LogP contribution in [0.2, 0.25) is 0 Å². The van der Waals surface area contributed by atoms with Crippen molar-refractivity contribution in [2.24, 2.45) is 0 Å². The molecule has 4 heteroatoms. The Balaban J connectivity index is 1.85. The van der Waals surface area contributed by atoms with E-state index in [1.165, 1.54) is 17.7 Å². The van der Waals surface area contributed by atoms with Crippen molar-refractivity contribution in [2.75, 3.05) is 20.3 Å². The molecule has 0 amide bonds. The first-order valence-electron chi connectivity index (χ1n) is 5.73. The number of aliphatic hydroxyl groups is 1. The second-order valence-electron chi connectivity index (χ2n) is 4.35. The second-order valence-corrected chi connectivity index (χ2v) is 5.38. The molecule has 1 fully saturated rings. The lowest BCUT2D eigenvalue weighted by molar-refractivity contribution is 0.0339. The summed E-state index contributed by atoms with van der Waals surface area (Å²) in [5.41, 5.74) is 0. The van der Waals surface area contributed by atoms with E-state index in [1.54, 1.807) is 18.4 Å². The van der Waals surface area contributed by atoms with Gasteiger partial charge in [0.25, 0.3) is 0 Å². The minimum absolute atomic E-state index is 0.370. The van der Waals surface area contributed by atoms with Gasteiger partial charge in [0, 0.05) is 31.1 Å². The predicted molar refractivity (Wildman–Crippen MR) is 65.6 cm³/mol. The van der Waals surface area contributed by atoms with Gasteiger partial charge in [0.15, 0.2) is 0 Å². The summed E-state index contributed by atoms with van der Waals surface area (Å²) in [6.45, 7) is 2.10. The molecule has 1 aromatic heterocycles. The monoisotopic (exact) mass is 241 g/mol. The fourth-order valence-corrected chi connectivity index (χ4v) is 2.63. The third-order valence-corrected chi connectivity index (χ3v) is 3.67. The molecule has 2 rings (SSSR count). The van der Waals surface area contributed by atoms with Gasteiger partial charge >= 0.3 is 0 Å². The van der Waals surface area contributed by atoms with Gasteiger partial charge in [-0.3, -0.25) is 4.90 Å². The Kier molecular flexibility index (Phi) is 4.35. The van der Waals surface area contributed by atoms with Gasteiger partial charge in [-0.05, 0) is 24.3 Å². The first kappa shape index (κ1) is 12.0. The SMILES string of the molecule is COCC(O)CN(Cc1cccs1)C1CC1. The normalized spacial score (nSPS) is 17.9. The molecule has 16 heavy (non-hydrogen) atoms. The highest BCUT2D eigenvalue weighted by Gasteiger charge is 2.30. The summed E-state index contributed by atoms with van der Waals surface area (Å²) in [4.78, 5) is 3.74. The molecule has 1 aromatic rings. The smallest absolute Gasteiger partial charge is 0.0900 e. The van der Waals surface area contributed by atoms with Gasteiger partial charge in [0.1, 0.15) is 0 Å². The summed E-state index contributed by atoms with van der Waals surface area (Å²) in [7, 11) is 1.63. The van der Waals surface area contributed by atoms with Crippen LogP contribution in [0.5, 0.6) is 0 Å². The molecule has 0 aromatic carbocycles. The number of aliphatic hydroxyl groups excluding tert-OH is 1. The Hall–Kier alpha value is -0.420. The molecule has 1 saturated carbocycles. The summed E-state index contributed by atoms with van der Waals surface area (Å²) in [6, 6.07) is 4.91. The van der Waals surface area contributed by atoms with Crippen LogP contribution in [0.15, 0.2) is 17.5 Å². The molecule has 1 aliphatic carbocycles. The van der Waals surface area contributed by atoms with E-state index < -0.39 is 0 Å². The van der Waals surface area contributed by atoms with Crippen LogP contribution in [0.25, 0.3) is 0 Å². The van der Waals surface area contributed by atoms with Gasteiger partial charge in [-0.25, -0.2) is 0 Å². The molecule has 1 N–H and O–H groups in total. The second kappa shape index (κ2) is 5.77. The van der Waals surface area contributed by atoms with E-state index in [2.05, 4.69) is 22.4 Å². The van der Waals surface area contributed by atoms with Crippen LogP contribution in [-0.2, 0) is 11.3 Å². The summed E-state index contributed by atoms with van der Waals surface area (Å²) in [6.07, 6.45) is 2.17. The van der Waals surface area contributed by atoms with Crippen molar-refractivity contribution in [3.8, 4) is 0 Å². The Morgan fingerprint density at radius 1 is 1.62 bits per heavy atom. The van der Waals surface area contributed by atoms with Gasteiger partial charge in [0.2, 0.25) is 0 Å². The van der Waals surface area contributed by atoms with Gasteiger partial charge in [-0.1, -0.05) is 6.07 Å². The van der Waals surface area contributed by atoms with Crippen LogP contribution < -0.4 is 0 Å². The summed E-state index contributed by atoms with van der Waals surface area (Å²) >= 11 is 1.78. The zero-order valence-corrected chi connectivity index (χ0v) is 10.4. The molecular weight excluding hydrogens is 222 g/mol. The van der Waals surface area contributed by atoms with E-state index in [-0.39, 0.29) is 6.10 Å². The first-order valence-corrected chi connectivity index (χ1v) is 6.61. The predicted octanol–water partition coefficient (Wildman–Crippen LogP) is 1.72. The Bertz CT molecular complexity index is 298. The number of hydrogen-bond donors (Lipinski definition) is 1. The molecule has 0 aliphatic heterocycles. The quantitative estimate of drug-likeness (QED) is 0.789. The molecule has 0 bridgehead atoms. The highest BCUT2D eigenvalue weighted by atomic mass is 32.1. The van der Waals surface area contributed by atoms with Crippen molar-refractivity contribution in [3.05, 3.63) is 22.4 Å². The molecule has 0 saturated heterocycles. The van der Waals surface area contributed by atoms with Crippen molar-refractivity contribution in [2.45, 2.75) is 31.5 Å². The number of rotatable bonds is 7. The molecule has 3 nitrogen and oxygen atoms in total. The third kappa shape index (κ3) is 3.56. The Morgan fingerprint density at radius 3 is 3.00 bits per heavy atom. The lowest BCUT2D eigenvalue weighted by Gasteiger charge is -2.24. The minimum atomic E-state index is -0.370. The van der Waals surface area contributed by atoms with Gasteiger partial charge < -0.3 is 9.84 Å². The van der Waals surface area contributed by atoms with E-state index in [0.717, 1.165) is 13.1 Å². The van der Waals surface area contributed by atoms with E-state index in [4.69, 9.17) is 4.74 Å². The van der Waals surface area contributed by atoms with Crippen molar-refractivity contribution in [3.63, 3.8) is 0 Å². The highest BCUT2D eigenvalue weighted by molar-refractivity contribution is 7.09. The van der Waals surface area contributed by atoms with Crippen LogP contribution >= 0.6 is 11.3 Å². The van der Waals surface area contributed by atoms with Crippen LogP contribution in [0.4, 0.5) is 0 Å². The summed E-state index contributed by atoms with van der Waals surface area (Å²) in [5, 5.41) is 11.9. The van der Waals surface area contributed by atoms with E-state index in [0.29, 0.717) is 12.6 Å². The first-order chi connectivity index (χ1) is 7.79. The van der Waals surface area contributed by atoms with Gasteiger partial charge in [0.05, 0.1) is 12.7 Å². The average molecular weight is 241 g/mol. The zero-order chi connectivity index (χ0) is 11.4. The topological polar surface area (TPSA) is 32.7 Å². The molecular formula is C12H19NO2S. The third-order valence-electron chi connectivity index (χ3n) is 2.81. The van der Waals surface area contributed by atoms with E-state index in [9.17, 15) is 5.11 Å². The number of thiophene rings is 1. The van der Waals surface area contributed by atoms with Crippen molar-refractivity contribution >= 4 is 11.3 Å². The lowest BCUT2D eigenvalue weighted by Crippen LogP contribution is -2.35. The number of methoxy groups -OCH3 is 1. The van der Waals surface area contributed by atoms with Crippen LogP contribution in [0.1, 0.15) is 17.7 Å². The average Bonchev–Trinajstić information content (AvgIpc) is 2.98. The molecule has 1 unspecified atom stereocenters. The fraction of sp³-hybridized carbons (Fsp3) is 0.667. The van der Waals surface area contributed by atoms with Gasteiger partial charge in [-0.2, -0.15) is 0 Å². The number of ether oxygens (including phenoxy) is 1. The van der Waals surface area contributed by atoms with Crippen molar-refractivity contribution < 1.29 is 9.84 Å². The maximum atomic E-state index is 9.76. The lowest BCUT2D eigenvalue weighted by atomic mass is 10.3. The largest absolute Gasteiger partial charge is 0.389 e. The molecule has 1 heterocycles. The Labute approximate surface area is 101 Å². The maximum Gasteiger partial charge on any atom is 0.0900 e. The molecule has 1 aliphatic rings. The molecule has 0 radical (unpaired) electrons. The van der Waals surface area contributed by atoms with Crippen LogP contribution in [-0.4, -0.2) is 42.4 Å². The highest BCUT2D eigenvalue weighted by Crippen LogP contribution is 2.29. The fourth-order valence-electron chi connectivity index (χ4n) is 1.90. The van der Waals surface area contributed by atoms with Crippen LogP contribution in [0, 0.1) is 0 Å². The number of hydrogen-bond acceptors (Lipinski definition) is 4. The molecule has 1 atom stereocenters.